The van der Waals surface area contributed by atoms with E-state index in [0.717, 1.165) is 6.42 Å². The molecule has 52 valence electrons. The first-order chi connectivity index (χ1) is 4.31. The fraction of sp³-hybridized carbons (Fsp3) is 0.500. The highest BCUT2D eigenvalue weighted by Gasteiger charge is 1.88. The molecule has 4 nitrogen and oxygen atoms in total. The van der Waals surface area contributed by atoms with E-state index in [4.69, 9.17) is 0 Å². The van der Waals surface area contributed by atoms with Crippen molar-refractivity contribution in [3.63, 3.8) is 0 Å². The van der Waals surface area contributed by atoms with Gasteiger partial charge in [0.1, 0.15) is 0 Å². The summed E-state index contributed by atoms with van der Waals surface area (Å²) in [6.07, 6.45) is 2.44. The average Bonchev–Trinajstić information content (AvgIpc) is 1.89. The maximum Gasteiger partial charge on any atom is 0.343 e. The van der Waals surface area contributed by atoms with E-state index in [2.05, 4.69) is 14.1 Å². The van der Waals surface area contributed by atoms with Gasteiger partial charge in [0.15, 0.2) is 0 Å². The Morgan fingerprint density at radius 3 is 3.00 bits per heavy atom. The van der Waals surface area contributed by atoms with Crippen LogP contribution in [0.4, 0.5) is 4.79 Å². The van der Waals surface area contributed by atoms with Crippen LogP contribution in [0.15, 0.2) is 5.10 Å². The van der Waals surface area contributed by atoms with E-state index in [1.54, 1.807) is 29.1 Å². The Kier molecular flexibility index (Phi) is 5.59. The van der Waals surface area contributed by atoms with Crippen LogP contribution in [0.5, 0.6) is 0 Å². The number of rotatable bonds is 2. The second-order valence-electron chi connectivity index (χ2n) is 1.26. The molecule has 0 saturated heterocycles. The molecule has 0 aliphatic rings. The smallest absolute Gasteiger partial charge is 0.279 e. The summed E-state index contributed by atoms with van der Waals surface area (Å²) in [4.78, 5) is 10.3. The van der Waals surface area contributed by atoms with Crippen molar-refractivity contribution >= 4 is 35.1 Å². The number of urea groups is 1. The third kappa shape index (κ3) is 5.54. The molecule has 0 unspecified atom stereocenters. The molecule has 2 N–H and O–H groups in total. The zero-order valence-corrected chi connectivity index (χ0v) is 7.18. The average molecular weight is 241 g/mol. The topological polar surface area (TPSA) is 53.5 Å². The Balaban J connectivity index is 3.26. The highest BCUT2D eigenvalue weighted by molar-refractivity contribution is 14.1. The molecule has 0 aromatic carbocycles. The molecule has 0 spiro atoms. The maximum absolute atomic E-state index is 10.3. The lowest BCUT2D eigenvalue weighted by molar-refractivity contribution is 0.248. The summed E-state index contributed by atoms with van der Waals surface area (Å²) in [5.74, 6) is 0. The van der Waals surface area contributed by atoms with Crippen molar-refractivity contribution in [3.8, 4) is 0 Å². The van der Waals surface area contributed by atoms with Crippen molar-refractivity contribution < 1.29 is 4.79 Å². The third-order valence-electron chi connectivity index (χ3n) is 0.526. The lowest BCUT2D eigenvalue weighted by Gasteiger charge is -1.92. The van der Waals surface area contributed by atoms with Gasteiger partial charge in [-0.05, 0) is 6.42 Å². The lowest BCUT2D eigenvalue weighted by atomic mass is 10.6. The predicted octanol–water partition coefficient (Wildman–Crippen LogP) is 1.03. The summed E-state index contributed by atoms with van der Waals surface area (Å²) in [5, 5.41) is 3.57. The van der Waals surface area contributed by atoms with Crippen LogP contribution in [0.1, 0.15) is 13.3 Å². The number of carbonyl (C=O) groups excluding carboxylic acids is 1. The highest BCUT2D eigenvalue weighted by atomic mass is 127. The fourth-order valence-electron chi connectivity index (χ4n) is 0.217. The standard InChI is InChI=1S/C4H8IN3O/c1-2-3-6-8-4(9)7-5/h3H,2H2,1H3,(H2,7,8,9)/b6-3+. The predicted molar refractivity (Wildman–Crippen MR) is 44.5 cm³/mol. The fourth-order valence-corrected chi connectivity index (χ4v) is 0.337. The van der Waals surface area contributed by atoms with E-state index in [-0.39, 0.29) is 6.03 Å². The van der Waals surface area contributed by atoms with Crippen LogP contribution in [0.2, 0.25) is 0 Å². The van der Waals surface area contributed by atoms with Crippen molar-refractivity contribution in [2.24, 2.45) is 5.10 Å². The minimum absolute atomic E-state index is 0.305. The van der Waals surface area contributed by atoms with Gasteiger partial charge in [0.2, 0.25) is 0 Å². The van der Waals surface area contributed by atoms with Gasteiger partial charge < -0.3 is 0 Å². The number of hydrazone groups is 1. The second kappa shape index (κ2) is 5.80. The Morgan fingerprint density at radius 2 is 2.56 bits per heavy atom. The van der Waals surface area contributed by atoms with Crippen LogP contribution in [0.3, 0.4) is 0 Å². The zero-order valence-electron chi connectivity index (χ0n) is 5.02. The highest BCUT2D eigenvalue weighted by Crippen LogP contribution is 1.71. The molecule has 0 rings (SSSR count). The number of halogens is 1. The van der Waals surface area contributed by atoms with Crippen molar-refractivity contribution in [3.05, 3.63) is 0 Å². The molecule has 0 fully saturated rings. The maximum atomic E-state index is 10.3. The number of nitrogens with zero attached hydrogens (tertiary/aromatic N) is 1. The van der Waals surface area contributed by atoms with E-state index < -0.39 is 0 Å². The van der Waals surface area contributed by atoms with Crippen LogP contribution in [-0.4, -0.2) is 12.2 Å². The minimum Gasteiger partial charge on any atom is -0.279 e. The van der Waals surface area contributed by atoms with Crippen LogP contribution < -0.4 is 8.96 Å². The van der Waals surface area contributed by atoms with Gasteiger partial charge in [-0.1, -0.05) is 6.92 Å². The molecule has 9 heavy (non-hydrogen) atoms. The van der Waals surface area contributed by atoms with Crippen LogP contribution in [0, 0.1) is 0 Å². The molecule has 0 radical (unpaired) electrons. The third-order valence-corrected chi connectivity index (χ3v) is 1.02. The second-order valence-corrected chi connectivity index (χ2v) is 1.79. The first kappa shape index (κ1) is 8.67. The van der Waals surface area contributed by atoms with Gasteiger partial charge in [0.25, 0.3) is 0 Å². The molecule has 0 aromatic rings. The summed E-state index contributed by atoms with van der Waals surface area (Å²) < 4.78 is 2.33. The van der Waals surface area contributed by atoms with E-state index in [9.17, 15) is 4.79 Å². The molecule has 2 amide bonds. The van der Waals surface area contributed by atoms with Gasteiger partial charge in [-0.15, -0.1) is 0 Å². The van der Waals surface area contributed by atoms with Gasteiger partial charge >= 0.3 is 6.03 Å². The molecular formula is C4H8IN3O. The van der Waals surface area contributed by atoms with E-state index in [0.29, 0.717) is 0 Å². The first-order valence-corrected chi connectivity index (χ1v) is 3.57. The first-order valence-electron chi connectivity index (χ1n) is 2.49. The number of nitrogens with one attached hydrogen (secondary N) is 2. The minimum atomic E-state index is -0.305. The summed E-state index contributed by atoms with van der Waals surface area (Å²) >= 11 is 1.73. The summed E-state index contributed by atoms with van der Waals surface area (Å²) in [6, 6.07) is -0.305. The van der Waals surface area contributed by atoms with Gasteiger partial charge in [0.05, 0.1) is 22.9 Å². The van der Waals surface area contributed by atoms with Crippen LogP contribution >= 0.6 is 22.9 Å². The number of carbonyl (C=O) groups is 1. The Morgan fingerprint density at radius 1 is 1.89 bits per heavy atom. The molecule has 0 aromatic heterocycles. The normalized spacial score (nSPS) is 9.56. The molecule has 0 aliphatic heterocycles. The summed E-state index contributed by atoms with van der Waals surface area (Å²) in [6.45, 7) is 1.94. The molecule has 0 atom stereocenters. The molecule has 0 saturated carbocycles. The van der Waals surface area contributed by atoms with Gasteiger partial charge in [-0.25, -0.2) is 10.2 Å². The summed E-state index contributed by atoms with van der Waals surface area (Å²) in [7, 11) is 0. The molecule has 0 bridgehead atoms. The quantitative estimate of drug-likeness (QED) is 0.322. The summed E-state index contributed by atoms with van der Waals surface area (Å²) in [5.41, 5.74) is 2.25. The van der Waals surface area contributed by atoms with Gasteiger partial charge in [-0.3, -0.25) is 3.53 Å². The molecule has 0 heterocycles. The number of amides is 2. The van der Waals surface area contributed by atoms with Crippen molar-refractivity contribution in [2.75, 3.05) is 0 Å². The van der Waals surface area contributed by atoms with E-state index in [1.165, 1.54) is 0 Å². The SMILES string of the molecule is CC/C=N/NC(=O)NI. The molecular weight excluding hydrogens is 233 g/mol. The van der Waals surface area contributed by atoms with Crippen LogP contribution in [-0.2, 0) is 0 Å². The monoisotopic (exact) mass is 241 g/mol. The van der Waals surface area contributed by atoms with Crippen molar-refractivity contribution in [2.45, 2.75) is 13.3 Å². The van der Waals surface area contributed by atoms with Gasteiger partial charge in [0, 0.05) is 6.21 Å². The van der Waals surface area contributed by atoms with E-state index in [1.807, 2.05) is 6.92 Å². The molecule has 0 aliphatic carbocycles. The Hall–Kier alpha value is -0.330. The molecule has 5 heteroatoms. The zero-order chi connectivity index (χ0) is 7.11. The van der Waals surface area contributed by atoms with Crippen molar-refractivity contribution in [1.82, 2.24) is 8.96 Å². The lowest BCUT2D eigenvalue weighted by Crippen LogP contribution is -2.24. The largest absolute Gasteiger partial charge is 0.343 e. The number of hydrogen-bond donors (Lipinski definition) is 2. The Labute approximate surface area is 67.6 Å². The van der Waals surface area contributed by atoms with E-state index >= 15 is 0 Å². The van der Waals surface area contributed by atoms with Crippen LogP contribution in [0.25, 0.3) is 0 Å². The van der Waals surface area contributed by atoms with Crippen molar-refractivity contribution in [1.29, 1.82) is 0 Å². The van der Waals surface area contributed by atoms with Gasteiger partial charge in [-0.2, -0.15) is 5.10 Å². The Bertz CT molecular complexity index is 114. The number of hydrogen-bond acceptors (Lipinski definition) is 2.